The Morgan fingerprint density at radius 1 is 1.07 bits per heavy atom. The number of hydrogen-bond donors (Lipinski definition) is 1. The van der Waals surface area contributed by atoms with Gasteiger partial charge in [0.15, 0.2) is 0 Å². The van der Waals surface area contributed by atoms with Crippen LogP contribution in [0.25, 0.3) is 11.3 Å². The molecule has 3 rings (SSSR count). The summed E-state index contributed by atoms with van der Waals surface area (Å²) in [5.41, 5.74) is 2.69. The fourth-order valence-electron chi connectivity index (χ4n) is 2.58. The third-order valence-electron chi connectivity index (χ3n) is 4.06. The van der Waals surface area contributed by atoms with Crippen molar-refractivity contribution in [2.45, 2.75) is 5.03 Å². The zero-order valence-electron chi connectivity index (χ0n) is 16.0. The summed E-state index contributed by atoms with van der Waals surface area (Å²) in [7, 11) is 3.19. The number of nitrogens with one attached hydrogen (secondary N) is 1. The van der Waals surface area contributed by atoms with Crippen molar-refractivity contribution in [1.82, 2.24) is 4.98 Å². The number of anilines is 1. The Bertz CT molecular complexity index is 1050. The van der Waals surface area contributed by atoms with Crippen molar-refractivity contribution in [3.8, 4) is 28.8 Å². The number of hydrogen-bond acceptors (Lipinski definition) is 6. The molecule has 29 heavy (non-hydrogen) atoms. The Labute approximate surface area is 173 Å². The summed E-state index contributed by atoms with van der Waals surface area (Å²) in [5.74, 6) is 1.39. The van der Waals surface area contributed by atoms with Crippen molar-refractivity contribution in [3.63, 3.8) is 0 Å². The molecule has 0 bridgehead atoms. The molecule has 0 radical (unpaired) electrons. The van der Waals surface area contributed by atoms with Gasteiger partial charge in [0.1, 0.15) is 22.6 Å². The molecule has 3 aromatic rings. The minimum absolute atomic E-state index is 0.134. The first-order valence-corrected chi connectivity index (χ1v) is 9.74. The lowest BCUT2D eigenvalue weighted by Gasteiger charge is -2.09. The molecule has 0 fully saturated rings. The van der Waals surface area contributed by atoms with Gasteiger partial charge in [-0.05, 0) is 48.5 Å². The van der Waals surface area contributed by atoms with E-state index in [-0.39, 0.29) is 11.7 Å². The Morgan fingerprint density at radius 2 is 1.83 bits per heavy atom. The van der Waals surface area contributed by atoms with Crippen molar-refractivity contribution in [2.75, 3.05) is 25.3 Å². The van der Waals surface area contributed by atoms with Crippen LogP contribution in [0.2, 0.25) is 0 Å². The lowest BCUT2D eigenvalue weighted by molar-refractivity contribution is -0.113. The molecule has 0 aliphatic heterocycles. The zero-order chi connectivity index (χ0) is 20.6. The van der Waals surface area contributed by atoms with Gasteiger partial charge in [0.2, 0.25) is 5.91 Å². The molecule has 1 heterocycles. The van der Waals surface area contributed by atoms with Gasteiger partial charge in [-0.3, -0.25) is 4.79 Å². The van der Waals surface area contributed by atoms with Crippen LogP contribution in [0.1, 0.15) is 5.56 Å². The van der Waals surface area contributed by atoms with Gasteiger partial charge in [-0.2, -0.15) is 5.26 Å². The van der Waals surface area contributed by atoms with Crippen molar-refractivity contribution in [3.05, 3.63) is 66.2 Å². The molecule has 0 aliphatic rings. The quantitative estimate of drug-likeness (QED) is 0.588. The second-order valence-corrected chi connectivity index (χ2v) is 6.92. The van der Waals surface area contributed by atoms with Crippen LogP contribution in [0.4, 0.5) is 5.69 Å². The molecule has 0 atom stereocenters. The number of nitriles is 1. The number of methoxy groups -OCH3 is 2. The summed E-state index contributed by atoms with van der Waals surface area (Å²) >= 11 is 1.22. The molecule has 0 saturated carbocycles. The Morgan fingerprint density at radius 3 is 2.52 bits per heavy atom. The molecule has 2 aromatic carbocycles. The fourth-order valence-corrected chi connectivity index (χ4v) is 3.36. The van der Waals surface area contributed by atoms with Crippen LogP contribution in [-0.2, 0) is 4.79 Å². The molecule has 1 amide bonds. The van der Waals surface area contributed by atoms with Crippen LogP contribution in [0.3, 0.4) is 0 Å². The number of amides is 1. The van der Waals surface area contributed by atoms with Crippen LogP contribution in [0, 0.1) is 11.3 Å². The third-order valence-corrected chi connectivity index (χ3v) is 5.05. The number of carbonyl (C=O) groups excluding carboxylic acids is 1. The Balaban J connectivity index is 1.72. The van der Waals surface area contributed by atoms with Gasteiger partial charge in [-0.25, -0.2) is 4.98 Å². The van der Waals surface area contributed by atoms with Crippen molar-refractivity contribution < 1.29 is 14.3 Å². The van der Waals surface area contributed by atoms with E-state index in [1.54, 1.807) is 50.6 Å². The summed E-state index contributed by atoms with van der Waals surface area (Å²) in [6.07, 6.45) is 0. The molecule has 7 heteroatoms. The number of benzene rings is 2. The Hall–Kier alpha value is -3.50. The summed E-state index contributed by atoms with van der Waals surface area (Å²) in [5, 5.41) is 12.7. The smallest absolute Gasteiger partial charge is 0.234 e. The van der Waals surface area contributed by atoms with E-state index in [4.69, 9.17) is 9.47 Å². The van der Waals surface area contributed by atoms with Gasteiger partial charge < -0.3 is 14.8 Å². The highest BCUT2D eigenvalue weighted by atomic mass is 32.2. The van der Waals surface area contributed by atoms with Gasteiger partial charge in [0, 0.05) is 11.3 Å². The highest BCUT2D eigenvalue weighted by Crippen LogP contribution is 2.27. The molecule has 1 aromatic heterocycles. The second-order valence-electron chi connectivity index (χ2n) is 5.96. The fraction of sp³-hybridized carbons (Fsp3) is 0.136. The second kappa shape index (κ2) is 9.62. The van der Waals surface area contributed by atoms with E-state index in [0.29, 0.717) is 22.0 Å². The number of aromatic nitrogens is 1. The topological polar surface area (TPSA) is 84.2 Å². The van der Waals surface area contributed by atoms with Crippen LogP contribution in [0.5, 0.6) is 11.5 Å². The van der Waals surface area contributed by atoms with Gasteiger partial charge in [-0.15, -0.1) is 0 Å². The maximum absolute atomic E-state index is 12.3. The molecular weight excluding hydrogens is 386 g/mol. The summed E-state index contributed by atoms with van der Waals surface area (Å²) < 4.78 is 10.4. The van der Waals surface area contributed by atoms with E-state index in [1.807, 2.05) is 24.3 Å². The standard InChI is InChI=1S/C22H19N3O3S/c1-27-18-9-7-17(8-10-18)24-21(26)14-29-22-16(13-23)6-11-20(25-22)15-4-3-5-19(12-15)28-2/h3-12H,14H2,1-2H3,(H,24,26). The predicted octanol–water partition coefficient (Wildman–Crippen LogP) is 4.37. The zero-order valence-corrected chi connectivity index (χ0v) is 16.8. The van der Waals surface area contributed by atoms with Crippen LogP contribution in [-0.4, -0.2) is 30.9 Å². The molecule has 1 N–H and O–H groups in total. The number of nitrogens with zero attached hydrogens (tertiary/aromatic N) is 2. The lowest BCUT2D eigenvalue weighted by atomic mass is 10.1. The highest BCUT2D eigenvalue weighted by Gasteiger charge is 2.11. The number of thioether (sulfide) groups is 1. The first-order valence-electron chi connectivity index (χ1n) is 8.75. The normalized spacial score (nSPS) is 10.1. The van der Waals surface area contributed by atoms with E-state index in [2.05, 4.69) is 16.4 Å². The van der Waals surface area contributed by atoms with E-state index in [0.717, 1.165) is 17.1 Å². The molecule has 0 aliphatic carbocycles. The number of pyridine rings is 1. The van der Waals surface area contributed by atoms with Gasteiger partial charge >= 0.3 is 0 Å². The average molecular weight is 405 g/mol. The van der Waals surface area contributed by atoms with Crippen molar-refractivity contribution in [2.24, 2.45) is 0 Å². The predicted molar refractivity (Wildman–Crippen MR) is 113 cm³/mol. The minimum atomic E-state index is -0.183. The maximum Gasteiger partial charge on any atom is 0.234 e. The monoisotopic (exact) mass is 405 g/mol. The molecule has 0 spiro atoms. The highest BCUT2D eigenvalue weighted by molar-refractivity contribution is 8.00. The SMILES string of the molecule is COc1ccc(NC(=O)CSc2nc(-c3cccc(OC)c3)ccc2C#N)cc1. The largest absolute Gasteiger partial charge is 0.497 e. The van der Waals surface area contributed by atoms with E-state index >= 15 is 0 Å². The Kier molecular flexibility index (Phi) is 6.72. The summed E-state index contributed by atoms with van der Waals surface area (Å²) in [4.78, 5) is 16.9. The summed E-state index contributed by atoms with van der Waals surface area (Å²) in [6, 6.07) is 20.2. The van der Waals surface area contributed by atoms with E-state index < -0.39 is 0 Å². The first-order chi connectivity index (χ1) is 14.1. The lowest BCUT2D eigenvalue weighted by Crippen LogP contribution is -2.14. The van der Waals surface area contributed by atoms with E-state index in [1.165, 1.54) is 11.8 Å². The average Bonchev–Trinajstić information content (AvgIpc) is 2.78. The molecule has 6 nitrogen and oxygen atoms in total. The molecular formula is C22H19N3O3S. The van der Waals surface area contributed by atoms with Gasteiger partial charge in [-0.1, -0.05) is 23.9 Å². The van der Waals surface area contributed by atoms with Gasteiger partial charge in [0.05, 0.1) is 31.2 Å². The third kappa shape index (κ3) is 5.27. The van der Waals surface area contributed by atoms with Crippen molar-refractivity contribution in [1.29, 1.82) is 5.26 Å². The maximum atomic E-state index is 12.3. The van der Waals surface area contributed by atoms with E-state index in [9.17, 15) is 10.1 Å². The minimum Gasteiger partial charge on any atom is -0.497 e. The number of carbonyl (C=O) groups is 1. The molecule has 146 valence electrons. The number of rotatable bonds is 7. The number of ether oxygens (including phenoxy) is 2. The van der Waals surface area contributed by atoms with Crippen LogP contribution < -0.4 is 14.8 Å². The molecule has 0 unspecified atom stereocenters. The first kappa shape index (κ1) is 20.2. The molecule has 0 saturated heterocycles. The summed E-state index contributed by atoms with van der Waals surface area (Å²) in [6.45, 7) is 0. The van der Waals surface area contributed by atoms with Crippen LogP contribution >= 0.6 is 11.8 Å². The van der Waals surface area contributed by atoms with Crippen LogP contribution in [0.15, 0.2) is 65.7 Å². The van der Waals surface area contributed by atoms with Gasteiger partial charge in [0.25, 0.3) is 0 Å². The van der Waals surface area contributed by atoms with Crippen molar-refractivity contribution >= 4 is 23.4 Å².